The number of halogens is 1. The van der Waals surface area contributed by atoms with Gasteiger partial charge in [-0.2, -0.15) is 0 Å². The molecular weight excluding hydrogens is 372 g/mol. The molecule has 2 aromatic rings. The molecule has 0 N–H and O–H groups in total. The van der Waals surface area contributed by atoms with Crippen molar-refractivity contribution in [3.05, 3.63) is 46.0 Å². The quantitative estimate of drug-likeness (QED) is 0.617. The summed E-state index contributed by atoms with van der Waals surface area (Å²) in [6, 6.07) is 6.66. The molecule has 0 radical (unpaired) electrons. The molecule has 0 spiro atoms. The lowest BCUT2D eigenvalue weighted by molar-refractivity contribution is 0.0471. The van der Waals surface area contributed by atoms with Crippen molar-refractivity contribution in [2.45, 2.75) is 20.5 Å². The van der Waals surface area contributed by atoms with Crippen molar-refractivity contribution >= 4 is 17.6 Å². The maximum absolute atomic E-state index is 12.5. The highest BCUT2D eigenvalue weighted by atomic mass is 35.5. The molecular formula is C20H23ClO6. The normalized spacial score (nSPS) is 10.3. The van der Waals surface area contributed by atoms with Crippen molar-refractivity contribution in [3.63, 3.8) is 0 Å². The maximum atomic E-state index is 12.5. The number of aryl methyl sites for hydroxylation is 1. The summed E-state index contributed by atoms with van der Waals surface area (Å²) < 4.78 is 26.7. The fourth-order valence-corrected chi connectivity index (χ4v) is 2.79. The standard InChI is InChI=1S/C20H23ClO6/c1-6-26-19-15(21)8-13(9-18(19)25-5)20(22)27-11-14-10-17(24-4)16(23-3)7-12(14)2/h7-10H,6,11H2,1-5H3. The van der Waals surface area contributed by atoms with E-state index in [9.17, 15) is 4.79 Å². The molecule has 2 aromatic carbocycles. The molecule has 146 valence electrons. The molecule has 0 saturated heterocycles. The Bertz CT molecular complexity index is 819. The first kappa shape index (κ1) is 20.7. The molecule has 27 heavy (non-hydrogen) atoms. The zero-order valence-corrected chi connectivity index (χ0v) is 16.8. The number of hydrogen-bond donors (Lipinski definition) is 0. The van der Waals surface area contributed by atoms with Crippen LogP contribution in [0, 0.1) is 6.92 Å². The molecule has 2 rings (SSSR count). The number of ether oxygens (including phenoxy) is 5. The first-order valence-electron chi connectivity index (χ1n) is 8.34. The highest BCUT2D eigenvalue weighted by molar-refractivity contribution is 6.32. The van der Waals surface area contributed by atoms with Gasteiger partial charge in [-0.1, -0.05) is 11.6 Å². The SMILES string of the molecule is CCOc1c(Cl)cc(C(=O)OCc2cc(OC)c(OC)cc2C)cc1OC. The molecule has 7 heteroatoms. The van der Waals surface area contributed by atoms with Crippen LogP contribution in [0.3, 0.4) is 0 Å². The van der Waals surface area contributed by atoms with Crippen molar-refractivity contribution in [2.24, 2.45) is 0 Å². The zero-order valence-electron chi connectivity index (χ0n) is 16.1. The molecule has 0 unspecified atom stereocenters. The summed E-state index contributed by atoms with van der Waals surface area (Å²) in [6.45, 7) is 4.25. The van der Waals surface area contributed by atoms with Gasteiger partial charge in [0.15, 0.2) is 23.0 Å². The lowest BCUT2D eigenvalue weighted by Crippen LogP contribution is -2.08. The predicted octanol–water partition coefficient (Wildman–Crippen LogP) is 4.43. The van der Waals surface area contributed by atoms with Crippen LogP contribution >= 0.6 is 11.6 Å². The van der Waals surface area contributed by atoms with Gasteiger partial charge in [-0.25, -0.2) is 4.79 Å². The van der Waals surface area contributed by atoms with Gasteiger partial charge < -0.3 is 23.7 Å². The number of methoxy groups -OCH3 is 3. The first-order valence-corrected chi connectivity index (χ1v) is 8.71. The second kappa shape index (κ2) is 9.37. The van der Waals surface area contributed by atoms with E-state index in [1.165, 1.54) is 13.2 Å². The van der Waals surface area contributed by atoms with Gasteiger partial charge in [-0.15, -0.1) is 0 Å². The van der Waals surface area contributed by atoms with Crippen molar-refractivity contribution in [1.29, 1.82) is 0 Å². The predicted molar refractivity (Wildman–Crippen MR) is 103 cm³/mol. The Hall–Kier alpha value is -2.60. The highest BCUT2D eigenvalue weighted by Crippen LogP contribution is 2.37. The van der Waals surface area contributed by atoms with E-state index < -0.39 is 5.97 Å². The summed E-state index contributed by atoms with van der Waals surface area (Å²) in [6.07, 6.45) is 0. The second-order valence-corrected chi connectivity index (χ2v) is 6.04. The second-order valence-electron chi connectivity index (χ2n) is 5.63. The smallest absolute Gasteiger partial charge is 0.338 e. The summed E-state index contributed by atoms with van der Waals surface area (Å²) >= 11 is 6.21. The van der Waals surface area contributed by atoms with E-state index >= 15 is 0 Å². The minimum absolute atomic E-state index is 0.0815. The van der Waals surface area contributed by atoms with Gasteiger partial charge in [0.1, 0.15) is 6.61 Å². The Labute approximate surface area is 163 Å². The Morgan fingerprint density at radius 2 is 1.59 bits per heavy atom. The minimum atomic E-state index is -0.521. The number of carbonyl (C=O) groups is 1. The lowest BCUT2D eigenvalue weighted by Gasteiger charge is -2.14. The van der Waals surface area contributed by atoms with Crippen molar-refractivity contribution in [1.82, 2.24) is 0 Å². The van der Waals surface area contributed by atoms with E-state index in [1.807, 2.05) is 19.9 Å². The molecule has 0 saturated carbocycles. The summed E-state index contributed by atoms with van der Waals surface area (Å²) in [7, 11) is 4.60. The van der Waals surface area contributed by atoms with E-state index in [1.54, 1.807) is 26.4 Å². The van der Waals surface area contributed by atoms with E-state index in [0.717, 1.165) is 11.1 Å². The van der Waals surface area contributed by atoms with Gasteiger partial charge in [0.05, 0.1) is 38.5 Å². The summed E-state index contributed by atoms with van der Waals surface area (Å²) in [5, 5.41) is 0.283. The molecule has 0 heterocycles. The first-order chi connectivity index (χ1) is 12.9. The number of rotatable bonds is 8. The lowest BCUT2D eigenvalue weighted by atomic mass is 10.1. The third-order valence-corrected chi connectivity index (χ3v) is 4.24. The summed E-state index contributed by atoms with van der Waals surface area (Å²) in [4.78, 5) is 12.5. The maximum Gasteiger partial charge on any atom is 0.338 e. The van der Waals surface area contributed by atoms with Gasteiger partial charge >= 0.3 is 5.97 Å². The molecule has 0 aliphatic rings. The molecule has 0 atom stereocenters. The third-order valence-electron chi connectivity index (χ3n) is 3.95. The van der Waals surface area contributed by atoms with E-state index in [2.05, 4.69) is 0 Å². The Kier molecular flexibility index (Phi) is 7.19. The number of carbonyl (C=O) groups excluding carboxylic acids is 1. The molecule has 0 bridgehead atoms. The van der Waals surface area contributed by atoms with Crippen LogP contribution in [-0.4, -0.2) is 33.9 Å². The molecule has 0 amide bonds. The molecule has 6 nitrogen and oxygen atoms in total. The monoisotopic (exact) mass is 394 g/mol. The molecule has 0 aromatic heterocycles. The average Bonchev–Trinajstić information content (AvgIpc) is 2.67. The number of esters is 1. The van der Waals surface area contributed by atoms with E-state index in [4.69, 9.17) is 35.3 Å². The number of benzene rings is 2. The molecule has 0 aliphatic heterocycles. The van der Waals surface area contributed by atoms with Crippen LogP contribution in [0.1, 0.15) is 28.4 Å². The zero-order chi connectivity index (χ0) is 20.0. The van der Waals surface area contributed by atoms with Crippen LogP contribution in [0.4, 0.5) is 0 Å². The van der Waals surface area contributed by atoms with Crippen LogP contribution in [0.2, 0.25) is 5.02 Å². The Balaban J connectivity index is 2.20. The van der Waals surface area contributed by atoms with Crippen LogP contribution in [-0.2, 0) is 11.3 Å². The molecule has 0 fully saturated rings. The van der Waals surface area contributed by atoms with Crippen LogP contribution in [0.15, 0.2) is 24.3 Å². The Morgan fingerprint density at radius 1 is 0.963 bits per heavy atom. The van der Waals surface area contributed by atoms with E-state index in [0.29, 0.717) is 29.6 Å². The van der Waals surface area contributed by atoms with Gasteiger partial charge in [-0.3, -0.25) is 0 Å². The van der Waals surface area contributed by atoms with Gasteiger partial charge in [0.25, 0.3) is 0 Å². The van der Waals surface area contributed by atoms with Crippen LogP contribution in [0.5, 0.6) is 23.0 Å². The minimum Gasteiger partial charge on any atom is -0.493 e. The molecule has 0 aliphatic carbocycles. The van der Waals surface area contributed by atoms with Gasteiger partial charge in [0, 0.05) is 0 Å². The third kappa shape index (κ3) is 4.77. The van der Waals surface area contributed by atoms with Crippen molar-refractivity contribution in [3.8, 4) is 23.0 Å². The number of hydrogen-bond acceptors (Lipinski definition) is 6. The fraction of sp³-hybridized carbons (Fsp3) is 0.350. The van der Waals surface area contributed by atoms with Crippen molar-refractivity contribution in [2.75, 3.05) is 27.9 Å². The Morgan fingerprint density at radius 3 is 2.19 bits per heavy atom. The largest absolute Gasteiger partial charge is 0.493 e. The van der Waals surface area contributed by atoms with Crippen LogP contribution < -0.4 is 18.9 Å². The van der Waals surface area contributed by atoms with E-state index in [-0.39, 0.29) is 17.2 Å². The van der Waals surface area contributed by atoms with Gasteiger partial charge in [0.2, 0.25) is 0 Å². The highest BCUT2D eigenvalue weighted by Gasteiger charge is 2.17. The summed E-state index contributed by atoms with van der Waals surface area (Å²) in [5.74, 6) is 1.44. The summed E-state index contributed by atoms with van der Waals surface area (Å²) in [5.41, 5.74) is 2.01. The average molecular weight is 395 g/mol. The van der Waals surface area contributed by atoms with Crippen molar-refractivity contribution < 1.29 is 28.5 Å². The fourth-order valence-electron chi connectivity index (χ4n) is 2.53. The van der Waals surface area contributed by atoms with Crippen LogP contribution in [0.25, 0.3) is 0 Å². The topological polar surface area (TPSA) is 63.2 Å². The van der Waals surface area contributed by atoms with Gasteiger partial charge in [-0.05, 0) is 49.2 Å².